The van der Waals surface area contributed by atoms with Gasteiger partial charge in [-0.25, -0.2) is 26.7 Å². The number of ether oxygens (including phenoxy) is 1. The standard InChI is InChI=1S/C28H24F2N2O5S/c1-31-38(35,36)26-16-21(28(33)34)15-25(27(26)37-24-5-3-2-4-6-24)32(17-19-7-11-22(29)12-8-19)18-20-9-13-23(30)14-10-20/h2-16,31H,17-18H2,1H3,(H,33,34). The SMILES string of the molecule is CNS(=O)(=O)c1cc(C(=O)O)cc(N(Cc2ccc(F)cc2)Cc2ccc(F)cc2)c1Oc1ccccc1. The number of carboxylic acid groups (broad SMARTS) is 1. The lowest BCUT2D eigenvalue weighted by Gasteiger charge is -2.29. The Hall–Kier alpha value is -4.28. The molecule has 2 N–H and O–H groups in total. The number of nitrogens with one attached hydrogen (secondary N) is 1. The van der Waals surface area contributed by atoms with E-state index in [0.717, 1.165) is 6.07 Å². The number of nitrogens with zero attached hydrogens (tertiary/aromatic N) is 1. The van der Waals surface area contributed by atoms with E-state index >= 15 is 0 Å². The van der Waals surface area contributed by atoms with Crippen molar-refractivity contribution >= 4 is 21.7 Å². The summed E-state index contributed by atoms with van der Waals surface area (Å²) in [6.07, 6.45) is 0. The number of rotatable bonds is 10. The molecule has 0 saturated heterocycles. The normalized spacial score (nSPS) is 11.2. The van der Waals surface area contributed by atoms with E-state index in [4.69, 9.17) is 4.74 Å². The van der Waals surface area contributed by atoms with Crippen molar-refractivity contribution in [3.05, 3.63) is 119 Å². The number of anilines is 1. The van der Waals surface area contributed by atoms with Crippen LogP contribution in [0.5, 0.6) is 11.5 Å². The summed E-state index contributed by atoms with van der Waals surface area (Å²) in [5, 5.41) is 9.82. The molecule has 0 saturated carbocycles. The van der Waals surface area contributed by atoms with Gasteiger partial charge in [-0.3, -0.25) is 0 Å². The molecule has 4 rings (SSSR count). The lowest BCUT2D eigenvalue weighted by Crippen LogP contribution is -2.25. The van der Waals surface area contributed by atoms with E-state index in [1.165, 1.54) is 37.4 Å². The van der Waals surface area contributed by atoms with Gasteiger partial charge in [-0.05, 0) is 66.7 Å². The average molecular weight is 539 g/mol. The molecular weight excluding hydrogens is 514 g/mol. The predicted molar refractivity (Wildman–Crippen MR) is 139 cm³/mol. The van der Waals surface area contributed by atoms with E-state index in [9.17, 15) is 27.1 Å². The summed E-state index contributed by atoms with van der Waals surface area (Å²) in [6, 6.07) is 22.2. The molecule has 0 radical (unpaired) electrons. The third-order valence-electron chi connectivity index (χ3n) is 5.72. The summed E-state index contributed by atoms with van der Waals surface area (Å²) in [5.74, 6) is -1.97. The zero-order valence-electron chi connectivity index (χ0n) is 20.3. The van der Waals surface area contributed by atoms with E-state index in [2.05, 4.69) is 4.72 Å². The van der Waals surface area contributed by atoms with E-state index in [0.29, 0.717) is 16.9 Å². The number of para-hydroxylation sites is 1. The van der Waals surface area contributed by atoms with Gasteiger partial charge in [0.15, 0.2) is 5.75 Å². The molecule has 0 fully saturated rings. The van der Waals surface area contributed by atoms with Crippen LogP contribution in [0, 0.1) is 11.6 Å². The summed E-state index contributed by atoms with van der Waals surface area (Å²) >= 11 is 0. The maximum atomic E-state index is 13.6. The van der Waals surface area contributed by atoms with Crippen molar-refractivity contribution in [3.63, 3.8) is 0 Å². The smallest absolute Gasteiger partial charge is 0.335 e. The van der Waals surface area contributed by atoms with Gasteiger partial charge in [0.25, 0.3) is 0 Å². The Kier molecular flexibility index (Phi) is 8.04. The Morgan fingerprint density at radius 1 is 0.868 bits per heavy atom. The van der Waals surface area contributed by atoms with Crippen LogP contribution < -0.4 is 14.4 Å². The average Bonchev–Trinajstić information content (AvgIpc) is 2.91. The first-order chi connectivity index (χ1) is 18.2. The molecule has 0 unspecified atom stereocenters. The third-order valence-corrected chi connectivity index (χ3v) is 7.14. The second-order valence-electron chi connectivity index (χ2n) is 8.36. The highest BCUT2D eigenvalue weighted by molar-refractivity contribution is 7.89. The number of sulfonamides is 1. The largest absolute Gasteiger partial charge is 0.478 e. The van der Waals surface area contributed by atoms with Gasteiger partial charge in [0.1, 0.15) is 22.3 Å². The van der Waals surface area contributed by atoms with Crippen LogP contribution in [0.25, 0.3) is 0 Å². The molecule has 196 valence electrons. The Bertz CT molecular complexity index is 1480. The zero-order chi connectivity index (χ0) is 27.3. The molecule has 4 aromatic carbocycles. The van der Waals surface area contributed by atoms with E-state index < -0.39 is 27.6 Å². The maximum Gasteiger partial charge on any atom is 0.335 e. The monoisotopic (exact) mass is 538 g/mol. The van der Waals surface area contributed by atoms with Crippen LogP contribution in [0.2, 0.25) is 0 Å². The van der Waals surface area contributed by atoms with Crippen molar-refractivity contribution in [1.82, 2.24) is 4.72 Å². The summed E-state index contributed by atoms with van der Waals surface area (Å²) in [7, 11) is -2.97. The first kappa shape index (κ1) is 26.8. The zero-order valence-corrected chi connectivity index (χ0v) is 21.1. The summed E-state index contributed by atoms with van der Waals surface area (Å²) < 4.78 is 61.6. The highest BCUT2D eigenvalue weighted by Crippen LogP contribution is 2.41. The first-order valence-corrected chi connectivity index (χ1v) is 13.0. The van der Waals surface area contributed by atoms with Gasteiger partial charge in [-0.15, -0.1) is 0 Å². The van der Waals surface area contributed by atoms with Crippen LogP contribution in [-0.4, -0.2) is 26.5 Å². The number of halogens is 2. The lowest BCUT2D eigenvalue weighted by molar-refractivity contribution is 0.0696. The van der Waals surface area contributed by atoms with Crippen LogP contribution in [0.3, 0.4) is 0 Å². The molecule has 0 heterocycles. The van der Waals surface area contributed by atoms with Crippen LogP contribution in [-0.2, 0) is 23.1 Å². The summed E-state index contributed by atoms with van der Waals surface area (Å²) in [6.45, 7) is 0.260. The molecule has 4 aromatic rings. The fraction of sp³-hybridized carbons (Fsp3) is 0.107. The highest BCUT2D eigenvalue weighted by Gasteiger charge is 2.28. The topological polar surface area (TPSA) is 95.9 Å². The molecule has 7 nitrogen and oxygen atoms in total. The molecule has 0 atom stereocenters. The molecule has 0 amide bonds. The van der Waals surface area contributed by atoms with Crippen molar-refractivity contribution in [2.45, 2.75) is 18.0 Å². The number of hydrogen-bond donors (Lipinski definition) is 2. The van der Waals surface area contributed by atoms with Gasteiger partial charge in [-0.1, -0.05) is 42.5 Å². The number of hydrogen-bond acceptors (Lipinski definition) is 5. The van der Waals surface area contributed by atoms with E-state index in [-0.39, 0.29) is 35.0 Å². The van der Waals surface area contributed by atoms with Crippen LogP contribution in [0.15, 0.2) is 95.9 Å². The maximum absolute atomic E-state index is 13.6. The first-order valence-electron chi connectivity index (χ1n) is 11.5. The number of aromatic carboxylic acids is 1. The fourth-order valence-electron chi connectivity index (χ4n) is 3.81. The molecular formula is C28H24F2N2O5S. The summed E-state index contributed by atoms with van der Waals surface area (Å²) in [4.78, 5) is 13.4. The minimum Gasteiger partial charge on any atom is -0.478 e. The number of benzene rings is 4. The van der Waals surface area contributed by atoms with E-state index in [1.807, 2.05) is 0 Å². The molecule has 0 aliphatic carbocycles. The number of carbonyl (C=O) groups is 1. The van der Waals surface area contributed by atoms with Gasteiger partial charge in [0.05, 0.1) is 11.3 Å². The molecule has 0 aromatic heterocycles. The van der Waals surface area contributed by atoms with Gasteiger partial charge in [-0.2, -0.15) is 0 Å². The van der Waals surface area contributed by atoms with Gasteiger partial charge < -0.3 is 14.7 Å². The molecule has 0 bridgehead atoms. The number of carboxylic acids is 1. The quantitative estimate of drug-likeness (QED) is 0.274. The van der Waals surface area contributed by atoms with Crippen molar-refractivity contribution in [1.29, 1.82) is 0 Å². The minimum atomic E-state index is -4.18. The predicted octanol–water partition coefficient (Wildman–Crippen LogP) is 5.57. The minimum absolute atomic E-state index is 0.0974. The Morgan fingerprint density at radius 2 is 1.39 bits per heavy atom. The molecule has 10 heteroatoms. The van der Waals surface area contributed by atoms with Crippen molar-refractivity contribution in [3.8, 4) is 11.5 Å². The molecule has 0 aliphatic rings. The third kappa shape index (κ3) is 6.34. The Labute approximate surface area is 219 Å². The van der Waals surface area contributed by atoms with Crippen molar-refractivity contribution in [2.24, 2.45) is 0 Å². The van der Waals surface area contributed by atoms with Crippen LogP contribution >= 0.6 is 0 Å². The van der Waals surface area contributed by atoms with Crippen LogP contribution in [0.4, 0.5) is 14.5 Å². The second kappa shape index (κ2) is 11.4. The van der Waals surface area contributed by atoms with Gasteiger partial charge in [0, 0.05) is 13.1 Å². The molecule has 0 aliphatic heterocycles. The lowest BCUT2D eigenvalue weighted by atomic mass is 10.1. The van der Waals surface area contributed by atoms with Crippen molar-refractivity contribution in [2.75, 3.05) is 11.9 Å². The Morgan fingerprint density at radius 3 is 1.87 bits per heavy atom. The van der Waals surface area contributed by atoms with Crippen LogP contribution in [0.1, 0.15) is 21.5 Å². The highest BCUT2D eigenvalue weighted by atomic mass is 32.2. The van der Waals surface area contributed by atoms with E-state index in [1.54, 1.807) is 59.5 Å². The molecule has 38 heavy (non-hydrogen) atoms. The summed E-state index contributed by atoms with van der Waals surface area (Å²) in [5.41, 5.74) is 1.21. The molecule has 0 spiro atoms. The fourth-order valence-corrected chi connectivity index (χ4v) is 4.70. The van der Waals surface area contributed by atoms with Gasteiger partial charge in [0.2, 0.25) is 10.0 Å². The Balaban J connectivity index is 1.95. The second-order valence-corrected chi connectivity index (χ2v) is 10.2. The van der Waals surface area contributed by atoms with Gasteiger partial charge >= 0.3 is 5.97 Å². The van der Waals surface area contributed by atoms with Crippen molar-refractivity contribution < 1.29 is 31.8 Å².